The number of amidine groups is 1. The summed E-state index contributed by atoms with van der Waals surface area (Å²) in [4.78, 5) is 4.21. The van der Waals surface area contributed by atoms with Gasteiger partial charge in [0.25, 0.3) is 0 Å². The zero-order chi connectivity index (χ0) is 13.7. The topological polar surface area (TPSA) is 72.0 Å². The molecule has 19 heavy (non-hydrogen) atoms. The predicted molar refractivity (Wildman–Crippen MR) is 75.9 cm³/mol. The Labute approximate surface area is 116 Å². The first-order valence-electron chi connectivity index (χ1n) is 5.83. The summed E-state index contributed by atoms with van der Waals surface area (Å²) in [6, 6.07) is 10.8. The molecule has 0 atom stereocenters. The number of benzene rings is 1. The molecule has 0 aliphatic rings. The van der Waals surface area contributed by atoms with Gasteiger partial charge in [-0.3, -0.25) is 10.4 Å². The molecule has 0 spiro atoms. The van der Waals surface area contributed by atoms with Crippen LogP contribution in [0.15, 0.2) is 42.6 Å². The van der Waals surface area contributed by atoms with Crippen LogP contribution in [0.3, 0.4) is 0 Å². The Kier molecular flexibility index (Phi) is 4.36. The smallest absolute Gasteiger partial charge is 0.130 e. The first-order chi connectivity index (χ1) is 9.16. The lowest BCUT2D eigenvalue weighted by molar-refractivity contribution is 0.320. The van der Waals surface area contributed by atoms with Gasteiger partial charge in [-0.1, -0.05) is 17.7 Å². The second-order valence-electron chi connectivity index (χ2n) is 3.97. The third kappa shape index (κ3) is 3.69. The van der Waals surface area contributed by atoms with Crippen molar-refractivity contribution in [2.45, 2.75) is 6.42 Å². The lowest BCUT2D eigenvalue weighted by Gasteiger charge is -2.10. The maximum atomic E-state index is 7.50. The first kappa shape index (κ1) is 13.4. The van der Waals surface area contributed by atoms with E-state index >= 15 is 0 Å². The van der Waals surface area contributed by atoms with Crippen LogP contribution >= 0.6 is 11.6 Å². The fourth-order valence-corrected chi connectivity index (χ4v) is 1.82. The lowest BCUT2D eigenvalue weighted by atomic mass is 10.2. The Morgan fingerprint density at radius 3 is 2.84 bits per heavy atom. The number of hydrogen-bond donors (Lipinski definition) is 2. The molecule has 2 aromatic rings. The molecule has 0 unspecified atom stereocenters. The van der Waals surface area contributed by atoms with E-state index in [4.69, 9.17) is 27.5 Å². The maximum Gasteiger partial charge on any atom is 0.130 e. The van der Waals surface area contributed by atoms with E-state index < -0.39 is 0 Å². The average molecular weight is 276 g/mol. The molecule has 5 heteroatoms. The molecule has 0 aliphatic carbocycles. The van der Waals surface area contributed by atoms with Gasteiger partial charge >= 0.3 is 0 Å². The molecule has 1 aromatic carbocycles. The number of ether oxygens (including phenoxy) is 1. The molecule has 0 saturated carbocycles. The van der Waals surface area contributed by atoms with Crippen molar-refractivity contribution in [3.63, 3.8) is 0 Å². The molecule has 1 aromatic heterocycles. The van der Waals surface area contributed by atoms with Gasteiger partial charge in [-0.05, 0) is 30.3 Å². The summed E-state index contributed by atoms with van der Waals surface area (Å²) in [5.41, 5.74) is 6.97. The Hall–Kier alpha value is -2.07. The van der Waals surface area contributed by atoms with Crippen molar-refractivity contribution in [2.24, 2.45) is 5.73 Å². The molecule has 0 saturated heterocycles. The summed E-state index contributed by atoms with van der Waals surface area (Å²) in [7, 11) is 0. The highest BCUT2D eigenvalue weighted by Crippen LogP contribution is 2.22. The van der Waals surface area contributed by atoms with Gasteiger partial charge in [0.05, 0.1) is 12.2 Å². The fraction of sp³-hybridized carbons (Fsp3) is 0.143. The highest BCUT2D eigenvalue weighted by molar-refractivity contribution is 6.31. The minimum Gasteiger partial charge on any atom is -0.492 e. The summed E-state index contributed by atoms with van der Waals surface area (Å²) in [5.74, 6) is 0.503. The largest absolute Gasteiger partial charge is 0.492 e. The van der Waals surface area contributed by atoms with Crippen LogP contribution in [-0.2, 0) is 6.42 Å². The molecule has 0 aliphatic heterocycles. The van der Waals surface area contributed by atoms with Crippen molar-refractivity contribution in [3.8, 4) is 5.75 Å². The number of rotatable bonds is 5. The van der Waals surface area contributed by atoms with Crippen LogP contribution in [0.2, 0.25) is 5.02 Å². The second kappa shape index (κ2) is 6.20. The van der Waals surface area contributed by atoms with Crippen LogP contribution in [0.5, 0.6) is 5.75 Å². The van der Waals surface area contributed by atoms with Crippen LogP contribution in [0.4, 0.5) is 0 Å². The first-order valence-corrected chi connectivity index (χ1v) is 6.21. The van der Waals surface area contributed by atoms with Crippen LogP contribution in [-0.4, -0.2) is 17.4 Å². The van der Waals surface area contributed by atoms with E-state index in [-0.39, 0.29) is 5.84 Å². The number of nitrogens with one attached hydrogen (secondary N) is 1. The maximum absolute atomic E-state index is 7.50. The number of aromatic nitrogens is 1. The molecular weight excluding hydrogens is 262 g/mol. The fourth-order valence-electron chi connectivity index (χ4n) is 1.65. The number of nitrogen functional groups attached to an aromatic ring is 1. The average Bonchev–Trinajstić information content (AvgIpc) is 2.41. The SMILES string of the molecule is N=C(N)c1cc(Cl)ccc1OCCc1ccccn1. The highest BCUT2D eigenvalue weighted by atomic mass is 35.5. The molecule has 98 valence electrons. The van der Waals surface area contributed by atoms with E-state index in [1.54, 1.807) is 24.4 Å². The van der Waals surface area contributed by atoms with E-state index in [0.717, 1.165) is 5.69 Å². The van der Waals surface area contributed by atoms with Gasteiger partial charge in [-0.15, -0.1) is 0 Å². The lowest BCUT2D eigenvalue weighted by Crippen LogP contribution is -2.14. The number of halogens is 1. The minimum atomic E-state index is -0.0599. The van der Waals surface area contributed by atoms with E-state index in [1.165, 1.54) is 0 Å². The molecule has 0 amide bonds. The summed E-state index contributed by atoms with van der Waals surface area (Å²) in [6.07, 6.45) is 2.44. The Morgan fingerprint density at radius 2 is 2.16 bits per heavy atom. The molecule has 3 N–H and O–H groups in total. The number of pyridine rings is 1. The Balaban J connectivity index is 2.02. The van der Waals surface area contributed by atoms with Crippen LogP contribution in [0, 0.1) is 5.41 Å². The van der Waals surface area contributed by atoms with Gasteiger partial charge in [0.1, 0.15) is 11.6 Å². The highest BCUT2D eigenvalue weighted by Gasteiger charge is 2.07. The summed E-state index contributed by atoms with van der Waals surface area (Å²) in [5, 5.41) is 8.03. The zero-order valence-corrected chi connectivity index (χ0v) is 11.0. The number of nitrogens with zero attached hydrogens (tertiary/aromatic N) is 1. The molecule has 0 bridgehead atoms. The van der Waals surface area contributed by atoms with Gasteiger partial charge in [0.15, 0.2) is 0 Å². The third-order valence-corrected chi connectivity index (χ3v) is 2.81. The Morgan fingerprint density at radius 1 is 1.32 bits per heavy atom. The summed E-state index contributed by atoms with van der Waals surface area (Å²) >= 11 is 5.87. The predicted octanol–water partition coefficient (Wildman–Crippen LogP) is 2.64. The Bertz CT molecular complexity index is 572. The van der Waals surface area contributed by atoms with Crippen molar-refractivity contribution in [2.75, 3.05) is 6.61 Å². The van der Waals surface area contributed by atoms with Gasteiger partial charge in [0.2, 0.25) is 0 Å². The molecule has 2 rings (SSSR count). The number of hydrogen-bond acceptors (Lipinski definition) is 3. The summed E-state index contributed by atoms with van der Waals surface area (Å²) < 4.78 is 5.64. The third-order valence-electron chi connectivity index (χ3n) is 2.57. The standard InChI is InChI=1S/C14H14ClN3O/c15-10-4-5-13(12(9-10)14(16)17)19-8-6-11-3-1-2-7-18-11/h1-5,7,9H,6,8H2,(H3,16,17). The van der Waals surface area contributed by atoms with Gasteiger partial charge in [-0.25, -0.2) is 0 Å². The monoisotopic (exact) mass is 275 g/mol. The molecular formula is C14H14ClN3O. The zero-order valence-electron chi connectivity index (χ0n) is 10.3. The van der Waals surface area contributed by atoms with Crippen LogP contribution in [0.25, 0.3) is 0 Å². The van der Waals surface area contributed by atoms with Crippen molar-refractivity contribution in [3.05, 3.63) is 58.9 Å². The van der Waals surface area contributed by atoms with Crippen LogP contribution < -0.4 is 10.5 Å². The molecule has 0 radical (unpaired) electrons. The van der Waals surface area contributed by atoms with Crippen LogP contribution in [0.1, 0.15) is 11.3 Å². The quantitative estimate of drug-likeness (QED) is 0.651. The molecule has 1 heterocycles. The van der Waals surface area contributed by atoms with Gasteiger partial charge in [0, 0.05) is 23.3 Å². The van der Waals surface area contributed by atoms with Crippen molar-refractivity contribution in [1.82, 2.24) is 4.98 Å². The van der Waals surface area contributed by atoms with E-state index in [1.807, 2.05) is 18.2 Å². The second-order valence-corrected chi connectivity index (χ2v) is 4.41. The van der Waals surface area contributed by atoms with Gasteiger partial charge < -0.3 is 10.5 Å². The van der Waals surface area contributed by atoms with Crippen molar-refractivity contribution < 1.29 is 4.74 Å². The summed E-state index contributed by atoms with van der Waals surface area (Å²) in [6.45, 7) is 0.471. The molecule has 0 fully saturated rings. The van der Waals surface area contributed by atoms with E-state index in [0.29, 0.717) is 29.4 Å². The van der Waals surface area contributed by atoms with Crippen molar-refractivity contribution >= 4 is 17.4 Å². The molecule has 4 nitrogen and oxygen atoms in total. The normalized spacial score (nSPS) is 10.2. The number of nitrogens with two attached hydrogens (primary N) is 1. The van der Waals surface area contributed by atoms with Gasteiger partial charge in [-0.2, -0.15) is 0 Å². The minimum absolute atomic E-state index is 0.0599. The van der Waals surface area contributed by atoms with E-state index in [9.17, 15) is 0 Å². The van der Waals surface area contributed by atoms with Crippen molar-refractivity contribution in [1.29, 1.82) is 5.41 Å². The van der Waals surface area contributed by atoms with E-state index in [2.05, 4.69) is 4.98 Å².